The first kappa shape index (κ1) is 16.6. The molecule has 0 spiro atoms. The van der Waals surface area contributed by atoms with E-state index in [1.54, 1.807) is 24.3 Å². The van der Waals surface area contributed by atoms with Crippen LogP contribution >= 0.6 is 0 Å². The van der Waals surface area contributed by atoms with Crippen molar-refractivity contribution in [3.05, 3.63) is 34.6 Å². The summed E-state index contributed by atoms with van der Waals surface area (Å²) in [5, 5.41) is 11.4. The van der Waals surface area contributed by atoms with Crippen molar-refractivity contribution < 1.29 is 4.79 Å². The number of hydrogen-bond donors (Lipinski definition) is 1. The lowest BCUT2D eigenvalue weighted by Crippen LogP contribution is -2.46. The van der Waals surface area contributed by atoms with Gasteiger partial charge in [-0.1, -0.05) is 24.3 Å². The molecule has 1 aromatic heterocycles. The van der Waals surface area contributed by atoms with Gasteiger partial charge in [-0.25, -0.2) is 4.68 Å². The zero-order valence-electron chi connectivity index (χ0n) is 13.9. The highest BCUT2D eigenvalue weighted by Crippen LogP contribution is 2.10. The fourth-order valence-corrected chi connectivity index (χ4v) is 3.15. The van der Waals surface area contributed by atoms with Crippen molar-refractivity contribution >= 4 is 16.8 Å². The molecule has 0 atom stereocenters. The summed E-state index contributed by atoms with van der Waals surface area (Å²) in [5.41, 5.74) is 0.260. The Morgan fingerprint density at radius 1 is 1.29 bits per heavy atom. The van der Waals surface area contributed by atoms with Crippen molar-refractivity contribution in [2.45, 2.75) is 38.8 Å². The number of likely N-dealkylation sites (tertiary alicyclic amines) is 1. The molecule has 0 saturated carbocycles. The quantitative estimate of drug-likeness (QED) is 0.877. The van der Waals surface area contributed by atoms with Gasteiger partial charge in [0.2, 0.25) is 5.91 Å². The number of benzene rings is 1. The van der Waals surface area contributed by atoms with Gasteiger partial charge in [0.25, 0.3) is 5.56 Å². The van der Waals surface area contributed by atoms with E-state index in [0.717, 1.165) is 43.6 Å². The van der Waals surface area contributed by atoms with E-state index >= 15 is 0 Å². The first-order valence-electron chi connectivity index (χ1n) is 8.51. The summed E-state index contributed by atoms with van der Waals surface area (Å²) in [4.78, 5) is 27.0. The van der Waals surface area contributed by atoms with Gasteiger partial charge in [0.05, 0.1) is 5.39 Å². The highest BCUT2D eigenvalue weighted by Gasteiger charge is 2.20. The topological polar surface area (TPSA) is 80.1 Å². The monoisotopic (exact) mass is 329 g/mol. The lowest BCUT2D eigenvalue weighted by Gasteiger charge is -2.32. The smallest absolute Gasteiger partial charge is 0.278 e. The maximum Gasteiger partial charge on any atom is 0.278 e. The molecule has 3 rings (SSSR count). The maximum atomic E-state index is 12.3. The van der Waals surface area contributed by atoms with Gasteiger partial charge < -0.3 is 10.2 Å². The molecule has 2 heterocycles. The molecular weight excluding hydrogens is 306 g/mol. The van der Waals surface area contributed by atoms with E-state index in [9.17, 15) is 9.59 Å². The normalized spacial score (nSPS) is 16.4. The van der Waals surface area contributed by atoms with Crippen LogP contribution in [-0.4, -0.2) is 51.5 Å². The average Bonchev–Trinajstić information content (AvgIpc) is 2.60. The third kappa shape index (κ3) is 3.79. The van der Waals surface area contributed by atoms with E-state index in [-0.39, 0.29) is 24.1 Å². The molecule has 1 saturated heterocycles. The highest BCUT2D eigenvalue weighted by molar-refractivity contribution is 5.78. The first-order chi connectivity index (χ1) is 11.7. The summed E-state index contributed by atoms with van der Waals surface area (Å²) in [6.45, 7) is 5.22. The summed E-state index contributed by atoms with van der Waals surface area (Å²) in [7, 11) is 0. The second kappa shape index (κ2) is 7.53. The SMILES string of the molecule is CCCN1CCC(NC(=O)Cn2nnc3ccccc3c2=O)CC1. The molecular formula is C17H23N5O2. The van der Waals surface area contributed by atoms with Gasteiger partial charge in [-0.2, -0.15) is 0 Å². The van der Waals surface area contributed by atoms with Crippen molar-refractivity contribution in [2.75, 3.05) is 19.6 Å². The third-order valence-corrected chi connectivity index (χ3v) is 4.42. The predicted octanol–water partition coefficient (Wildman–Crippen LogP) is 0.782. The van der Waals surface area contributed by atoms with Crippen molar-refractivity contribution in [3.8, 4) is 0 Å². The Bertz CT molecular complexity index is 765. The lowest BCUT2D eigenvalue weighted by atomic mass is 10.0. The Balaban J connectivity index is 1.60. The van der Waals surface area contributed by atoms with E-state index in [1.165, 1.54) is 0 Å². The minimum absolute atomic E-state index is 0.0914. The Hall–Kier alpha value is -2.28. The number of nitrogens with zero attached hydrogens (tertiary/aromatic N) is 4. The van der Waals surface area contributed by atoms with Crippen LogP contribution in [0.25, 0.3) is 10.9 Å². The number of carbonyl (C=O) groups is 1. The summed E-state index contributed by atoms with van der Waals surface area (Å²) < 4.78 is 1.13. The van der Waals surface area contributed by atoms with Gasteiger partial charge in [-0.05, 0) is 37.9 Å². The number of hydrogen-bond acceptors (Lipinski definition) is 5. The van der Waals surface area contributed by atoms with Crippen LogP contribution in [0.1, 0.15) is 26.2 Å². The molecule has 2 aromatic rings. The average molecular weight is 329 g/mol. The van der Waals surface area contributed by atoms with Crippen LogP contribution in [0.15, 0.2) is 29.1 Å². The Morgan fingerprint density at radius 3 is 2.79 bits per heavy atom. The summed E-state index contributed by atoms with van der Waals surface area (Å²) >= 11 is 0. The van der Waals surface area contributed by atoms with Gasteiger partial charge >= 0.3 is 0 Å². The molecule has 1 aliphatic heterocycles. The molecule has 128 valence electrons. The Labute approximate surface area is 140 Å². The van der Waals surface area contributed by atoms with Crippen molar-refractivity contribution in [2.24, 2.45) is 0 Å². The van der Waals surface area contributed by atoms with E-state index in [2.05, 4.69) is 27.5 Å². The molecule has 0 aliphatic carbocycles. The van der Waals surface area contributed by atoms with Gasteiger partial charge in [-0.3, -0.25) is 9.59 Å². The molecule has 1 aromatic carbocycles. The zero-order chi connectivity index (χ0) is 16.9. The van der Waals surface area contributed by atoms with Gasteiger partial charge in [-0.15, -0.1) is 5.10 Å². The summed E-state index contributed by atoms with van der Waals surface area (Å²) in [6.07, 6.45) is 3.05. The third-order valence-electron chi connectivity index (χ3n) is 4.42. The van der Waals surface area contributed by atoms with Crippen LogP contribution in [0.3, 0.4) is 0 Å². The van der Waals surface area contributed by atoms with Crippen LogP contribution in [-0.2, 0) is 11.3 Å². The van der Waals surface area contributed by atoms with Crippen LogP contribution < -0.4 is 10.9 Å². The molecule has 1 fully saturated rings. The molecule has 7 heteroatoms. The fourth-order valence-electron chi connectivity index (χ4n) is 3.15. The van der Waals surface area contributed by atoms with Crippen molar-refractivity contribution in [1.29, 1.82) is 0 Å². The number of piperidine rings is 1. The zero-order valence-corrected chi connectivity index (χ0v) is 13.9. The molecule has 0 bridgehead atoms. The predicted molar refractivity (Wildman–Crippen MR) is 91.7 cm³/mol. The molecule has 1 amide bonds. The largest absolute Gasteiger partial charge is 0.352 e. The number of carbonyl (C=O) groups excluding carboxylic acids is 1. The molecule has 1 N–H and O–H groups in total. The van der Waals surface area contributed by atoms with E-state index in [4.69, 9.17) is 0 Å². The number of fused-ring (bicyclic) bond motifs is 1. The molecule has 24 heavy (non-hydrogen) atoms. The molecule has 0 unspecified atom stereocenters. The van der Waals surface area contributed by atoms with Crippen LogP contribution in [0.4, 0.5) is 0 Å². The highest BCUT2D eigenvalue weighted by atomic mass is 16.2. The lowest BCUT2D eigenvalue weighted by molar-refractivity contribution is -0.123. The second-order valence-electron chi connectivity index (χ2n) is 6.25. The summed E-state index contributed by atoms with van der Waals surface area (Å²) in [6, 6.07) is 7.19. The van der Waals surface area contributed by atoms with Crippen molar-refractivity contribution in [1.82, 2.24) is 25.2 Å². The number of nitrogens with one attached hydrogen (secondary N) is 1. The van der Waals surface area contributed by atoms with Crippen LogP contribution in [0, 0.1) is 0 Å². The molecule has 1 aliphatic rings. The van der Waals surface area contributed by atoms with E-state index in [1.807, 2.05) is 0 Å². The molecule has 0 radical (unpaired) electrons. The fraction of sp³-hybridized carbons (Fsp3) is 0.529. The first-order valence-corrected chi connectivity index (χ1v) is 8.51. The van der Waals surface area contributed by atoms with Gasteiger partial charge in [0.1, 0.15) is 12.1 Å². The number of rotatable bonds is 5. The standard InChI is InChI=1S/C17H23N5O2/c1-2-9-21-10-7-13(8-11-21)18-16(23)12-22-17(24)14-5-3-4-6-15(14)19-20-22/h3-6,13H,2,7-12H2,1H3,(H,18,23). The van der Waals surface area contributed by atoms with E-state index < -0.39 is 0 Å². The second-order valence-corrected chi connectivity index (χ2v) is 6.25. The summed E-state index contributed by atoms with van der Waals surface area (Å²) in [5.74, 6) is -0.185. The van der Waals surface area contributed by atoms with Gasteiger partial charge in [0, 0.05) is 19.1 Å². The van der Waals surface area contributed by atoms with Crippen LogP contribution in [0.5, 0.6) is 0 Å². The minimum Gasteiger partial charge on any atom is -0.352 e. The number of aromatic nitrogens is 3. The van der Waals surface area contributed by atoms with Crippen LogP contribution in [0.2, 0.25) is 0 Å². The van der Waals surface area contributed by atoms with Crippen molar-refractivity contribution in [3.63, 3.8) is 0 Å². The van der Waals surface area contributed by atoms with E-state index in [0.29, 0.717) is 10.9 Å². The van der Waals surface area contributed by atoms with Gasteiger partial charge in [0.15, 0.2) is 0 Å². The Morgan fingerprint density at radius 2 is 2.04 bits per heavy atom. The minimum atomic E-state index is -0.284. The Kier molecular flexibility index (Phi) is 5.20. The number of amides is 1. The molecule has 7 nitrogen and oxygen atoms in total. The maximum absolute atomic E-state index is 12.3.